The molecule has 1 aliphatic heterocycles. The zero-order valence-electron chi connectivity index (χ0n) is 14.7. The number of hydrogen-bond acceptors (Lipinski definition) is 2. The van der Waals surface area contributed by atoms with Gasteiger partial charge in [-0.2, -0.15) is 0 Å². The van der Waals surface area contributed by atoms with Crippen molar-refractivity contribution in [2.75, 3.05) is 6.54 Å². The van der Waals surface area contributed by atoms with Gasteiger partial charge in [-0.25, -0.2) is 4.98 Å². The highest BCUT2D eigenvalue weighted by Gasteiger charge is 2.55. The quantitative estimate of drug-likeness (QED) is 0.799. The molecule has 4 saturated carbocycles. The summed E-state index contributed by atoms with van der Waals surface area (Å²) in [6.45, 7) is 2.41. The van der Waals surface area contributed by atoms with Gasteiger partial charge in [-0.15, -0.1) is 0 Å². The van der Waals surface area contributed by atoms with Gasteiger partial charge in [-0.1, -0.05) is 12.1 Å². The number of carbonyl (C=O) groups is 1. The third-order valence-electron chi connectivity index (χ3n) is 7.44. The van der Waals surface area contributed by atoms with Gasteiger partial charge in [-0.05, 0) is 68.4 Å². The van der Waals surface area contributed by atoms with E-state index in [9.17, 15) is 4.79 Å². The maximum absolute atomic E-state index is 13.6. The fourth-order valence-corrected chi connectivity index (χ4v) is 6.85. The highest BCUT2D eigenvalue weighted by atomic mass is 16.2. The number of aromatic nitrogens is 2. The summed E-state index contributed by atoms with van der Waals surface area (Å²) in [5.74, 6) is 3.98. The van der Waals surface area contributed by atoms with Gasteiger partial charge < -0.3 is 9.47 Å². The van der Waals surface area contributed by atoms with Gasteiger partial charge in [0.2, 0.25) is 5.91 Å². The lowest BCUT2D eigenvalue weighted by Crippen LogP contribution is -2.55. The summed E-state index contributed by atoms with van der Waals surface area (Å²) < 4.78 is 2.30. The van der Waals surface area contributed by atoms with Crippen LogP contribution < -0.4 is 0 Å². The van der Waals surface area contributed by atoms with Crippen LogP contribution in [0.4, 0.5) is 0 Å². The fourth-order valence-electron chi connectivity index (χ4n) is 6.85. The third kappa shape index (κ3) is 2.00. The molecule has 5 aliphatic rings. The van der Waals surface area contributed by atoms with Crippen LogP contribution >= 0.6 is 0 Å². The SMILES string of the molecule is O=C(N1CCn2c(nc3ccccc32)C1)C12CC3CC(CC(C3)C1)C2. The molecular weight excluding hydrogens is 310 g/mol. The van der Waals surface area contributed by atoms with Gasteiger partial charge >= 0.3 is 0 Å². The Labute approximate surface area is 148 Å². The zero-order valence-corrected chi connectivity index (χ0v) is 14.7. The molecule has 4 aliphatic carbocycles. The van der Waals surface area contributed by atoms with Crippen LogP contribution in [0.2, 0.25) is 0 Å². The predicted octanol–water partition coefficient (Wildman–Crippen LogP) is 3.59. The van der Waals surface area contributed by atoms with E-state index in [4.69, 9.17) is 4.98 Å². The van der Waals surface area contributed by atoms with Gasteiger partial charge in [0, 0.05) is 13.1 Å². The van der Waals surface area contributed by atoms with E-state index in [0.29, 0.717) is 12.5 Å². The minimum Gasteiger partial charge on any atom is -0.333 e. The summed E-state index contributed by atoms with van der Waals surface area (Å²) >= 11 is 0. The van der Waals surface area contributed by atoms with Gasteiger partial charge in [0.1, 0.15) is 5.82 Å². The number of para-hydroxylation sites is 2. The lowest BCUT2D eigenvalue weighted by Gasteiger charge is -2.56. The molecule has 0 N–H and O–H groups in total. The molecule has 4 nitrogen and oxygen atoms in total. The number of nitrogens with zero attached hydrogens (tertiary/aromatic N) is 3. The Morgan fingerprint density at radius 2 is 1.68 bits per heavy atom. The number of carbonyl (C=O) groups excluding carboxylic acids is 1. The number of fused-ring (bicyclic) bond motifs is 3. The second-order valence-corrected chi connectivity index (χ2v) is 9.09. The lowest BCUT2D eigenvalue weighted by atomic mass is 9.49. The summed E-state index contributed by atoms with van der Waals surface area (Å²) in [5.41, 5.74) is 2.24. The average molecular weight is 335 g/mol. The smallest absolute Gasteiger partial charge is 0.229 e. The van der Waals surface area contributed by atoms with E-state index < -0.39 is 0 Å². The molecule has 1 aromatic heterocycles. The summed E-state index contributed by atoms with van der Waals surface area (Å²) in [4.78, 5) is 20.5. The van der Waals surface area contributed by atoms with E-state index in [1.165, 1.54) is 24.8 Å². The highest BCUT2D eigenvalue weighted by molar-refractivity contribution is 5.84. The molecule has 0 radical (unpaired) electrons. The molecule has 1 aromatic carbocycles. The first kappa shape index (κ1) is 14.3. The maximum Gasteiger partial charge on any atom is 0.229 e. The number of rotatable bonds is 1. The molecule has 0 unspecified atom stereocenters. The van der Waals surface area contributed by atoms with E-state index in [2.05, 4.69) is 27.7 Å². The van der Waals surface area contributed by atoms with Crippen LogP contribution in [0.1, 0.15) is 44.3 Å². The van der Waals surface area contributed by atoms with E-state index in [1.807, 2.05) is 6.07 Å². The van der Waals surface area contributed by atoms with E-state index in [1.54, 1.807) is 0 Å². The fraction of sp³-hybridized carbons (Fsp3) is 0.619. The average Bonchev–Trinajstić information content (AvgIpc) is 2.97. The van der Waals surface area contributed by atoms with Crippen molar-refractivity contribution < 1.29 is 4.79 Å². The summed E-state index contributed by atoms with van der Waals surface area (Å²) in [5, 5.41) is 0. The van der Waals surface area contributed by atoms with Crippen molar-refractivity contribution in [3.63, 3.8) is 0 Å². The van der Waals surface area contributed by atoms with Crippen LogP contribution in [0.5, 0.6) is 0 Å². The first-order chi connectivity index (χ1) is 12.2. The van der Waals surface area contributed by atoms with Crippen LogP contribution in [-0.2, 0) is 17.9 Å². The molecule has 0 atom stereocenters. The van der Waals surface area contributed by atoms with Crippen LogP contribution in [0, 0.1) is 23.2 Å². The molecular formula is C21H25N3O. The molecule has 4 fully saturated rings. The first-order valence-corrected chi connectivity index (χ1v) is 9.94. The standard InChI is InChI=1S/C21H25N3O/c25-20(21-10-14-7-15(11-21)9-16(8-14)12-21)23-5-6-24-18-4-2-1-3-17(18)22-19(24)13-23/h1-4,14-16H,5-13H2. The Hall–Kier alpha value is -1.84. The molecule has 25 heavy (non-hydrogen) atoms. The monoisotopic (exact) mass is 335 g/mol. The molecule has 0 saturated heterocycles. The maximum atomic E-state index is 13.6. The summed E-state index contributed by atoms with van der Waals surface area (Å²) in [7, 11) is 0. The van der Waals surface area contributed by atoms with Crippen molar-refractivity contribution >= 4 is 16.9 Å². The Bertz CT molecular complexity index is 832. The number of imidazole rings is 1. The second kappa shape index (κ2) is 4.87. The molecule has 7 rings (SSSR count). The molecule has 1 amide bonds. The van der Waals surface area contributed by atoms with Crippen molar-refractivity contribution in [3.8, 4) is 0 Å². The predicted molar refractivity (Wildman–Crippen MR) is 95.8 cm³/mol. The van der Waals surface area contributed by atoms with Crippen molar-refractivity contribution in [1.82, 2.24) is 14.5 Å². The van der Waals surface area contributed by atoms with Crippen LogP contribution in [0.25, 0.3) is 11.0 Å². The molecule has 130 valence electrons. The van der Waals surface area contributed by atoms with Crippen LogP contribution in [-0.4, -0.2) is 26.9 Å². The summed E-state index contributed by atoms with van der Waals surface area (Å²) in [6.07, 6.45) is 7.65. The molecule has 4 heteroatoms. The van der Waals surface area contributed by atoms with Gasteiger partial charge in [0.15, 0.2) is 0 Å². The van der Waals surface area contributed by atoms with Crippen LogP contribution in [0.15, 0.2) is 24.3 Å². The molecule has 4 bridgehead atoms. The Kier molecular flexibility index (Phi) is 2.79. The highest BCUT2D eigenvalue weighted by Crippen LogP contribution is 2.60. The number of hydrogen-bond donors (Lipinski definition) is 0. The van der Waals surface area contributed by atoms with Gasteiger partial charge in [0.05, 0.1) is 23.0 Å². The zero-order chi connectivity index (χ0) is 16.6. The Morgan fingerprint density at radius 1 is 1.00 bits per heavy atom. The van der Waals surface area contributed by atoms with Crippen molar-refractivity contribution in [2.45, 2.75) is 51.6 Å². The van der Waals surface area contributed by atoms with Gasteiger partial charge in [-0.3, -0.25) is 4.79 Å². The summed E-state index contributed by atoms with van der Waals surface area (Å²) in [6, 6.07) is 8.33. The van der Waals surface area contributed by atoms with Crippen molar-refractivity contribution in [1.29, 1.82) is 0 Å². The lowest BCUT2D eigenvalue weighted by molar-refractivity contribution is -0.159. The normalized spacial score (nSPS) is 36.0. The van der Waals surface area contributed by atoms with E-state index >= 15 is 0 Å². The largest absolute Gasteiger partial charge is 0.333 e. The second-order valence-electron chi connectivity index (χ2n) is 9.09. The van der Waals surface area contributed by atoms with Crippen molar-refractivity contribution in [2.24, 2.45) is 23.2 Å². The molecule has 2 heterocycles. The molecule has 2 aromatic rings. The van der Waals surface area contributed by atoms with Gasteiger partial charge in [0.25, 0.3) is 0 Å². The third-order valence-corrected chi connectivity index (χ3v) is 7.44. The first-order valence-electron chi connectivity index (χ1n) is 9.94. The molecule has 0 spiro atoms. The number of amides is 1. The van der Waals surface area contributed by atoms with Crippen molar-refractivity contribution in [3.05, 3.63) is 30.1 Å². The minimum absolute atomic E-state index is 0.0249. The Morgan fingerprint density at radius 3 is 2.40 bits per heavy atom. The number of benzene rings is 1. The minimum atomic E-state index is -0.0249. The van der Waals surface area contributed by atoms with Crippen LogP contribution in [0.3, 0.4) is 0 Å². The van der Waals surface area contributed by atoms with E-state index in [-0.39, 0.29) is 5.41 Å². The topological polar surface area (TPSA) is 38.1 Å². The van der Waals surface area contributed by atoms with E-state index in [0.717, 1.165) is 61.4 Å². The Balaban J connectivity index is 1.31.